The monoisotopic (exact) mass is 502 g/mol. The van der Waals surface area contributed by atoms with Gasteiger partial charge in [0.1, 0.15) is 6.10 Å². The Morgan fingerprint density at radius 2 is 0.971 bits per heavy atom. The summed E-state index contributed by atoms with van der Waals surface area (Å²) in [5.74, 6) is -4.91. The number of aliphatic hydroxyl groups excluding tert-OH is 4. The second-order valence-electron chi connectivity index (χ2n) is 7.88. The second-order valence-corrected chi connectivity index (χ2v) is 7.88. The van der Waals surface area contributed by atoms with E-state index in [1.54, 1.807) is 20.8 Å². The summed E-state index contributed by atoms with van der Waals surface area (Å²) in [6.45, 7) is 2.05. The van der Waals surface area contributed by atoms with E-state index in [1.165, 1.54) is 0 Å². The van der Waals surface area contributed by atoms with E-state index in [9.17, 15) is 19.2 Å². The van der Waals surface area contributed by atoms with Crippen LogP contribution in [0, 0.1) is 0 Å². The summed E-state index contributed by atoms with van der Waals surface area (Å²) >= 11 is 0. The van der Waals surface area contributed by atoms with Gasteiger partial charge in [0.2, 0.25) is 0 Å². The third kappa shape index (κ3) is 31.8. The number of hydrogen-bond donors (Lipinski definition) is 9. The highest BCUT2D eigenvalue weighted by molar-refractivity contribution is 5.73. The van der Waals surface area contributed by atoms with Crippen molar-refractivity contribution in [2.24, 2.45) is 0 Å². The number of nitrogens with zero attached hydrogens (tertiary/aromatic N) is 2. The minimum absolute atomic E-state index is 0.0703. The smallest absolute Gasteiger partial charge is 0.317 e. The van der Waals surface area contributed by atoms with Crippen molar-refractivity contribution in [2.75, 3.05) is 52.5 Å². The lowest BCUT2D eigenvalue weighted by atomic mass is 10.0. The summed E-state index contributed by atoms with van der Waals surface area (Å²) in [6, 6.07) is 0. The van der Waals surface area contributed by atoms with Crippen molar-refractivity contribution in [3.05, 3.63) is 0 Å². The van der Waals surface area contributed by atoms with Gasteiger partial charge in [-0.1, -0.05) is 0 Å². The lowest BCUT2D eigenvalue weighted by Crippen LogP contribution is -2.43. The average Bonchev–Trinajstić information content (AvgIpc) is 2.62. The van der Waals surface area contributed by atoms with Gasteiger partial charge in [0.25, 0.3) is 0 Å². The maximum atomic E-state index is 10.6. The van der Waals surface area contributed by atoms with Crippen LogP contribution >= 0.6 is 0 Å². The van der Waals surface area contributed by atoms with E-state index in [1.807, 2.05) is 0 Å². The van der Waals surface area contributed by atoms with Crippen LogP contribution < -0.4 is 0 Å². The van der Waals surface area contributed by atoms with Gasteiger partial charge >= 0.3 is 23.9 Å². The molecule has 0 saturated carbocycles. The number of aliphatic hydroxyl groups is 5. The first-order chi connectivity index (χ1) is 15.4. The Hall–Kier alpha value is -2.40. The lowest BCUT2D eigenvalue weighted by molar-refractivity contribution is -0.145. The van der Waals surface area contributed by atoms with Crippen LogP contribution in [0.1, 0.15) is 27.2 Å². The van der Waals surface area contributed by atoms with Gasteiger partial charge in [0, 0.05) is 19.5 Å². The summed E-state index contributed by atoms with van der Waals surface area (Å²) < 4.78 is 0. The molecule has 0 amide bonds. The minimum atomic E-state index is -1.23. The fourth-order valence-electron chi connectivity index (χ4n) is 2.26. The van der Waals surface area contributed by atoms with E-state index >= 15 is 0 Å². The second kappa shape index (κ2) is 20.0. The van der Waals surface area contributed by atoms with Crippen molar-refractivity contribution in [1.82, 2.24) is 9.80 Å². The predicted molar refractivity (Wildman–Crippen MR) is 116 cm³/mol. The third-order valence-corrected chi connectivity index (χ3v) is 3.38. The molecule has 15 nitrogen and oxygen atoms in total. The van der Waals surface area contributed by atoms with Crippen LogP contribution in [-0.2, 0) is 19.2 Å². The van der Waals surface area contributed by atoms with Gasteiger partial charge in [-0.2, -0.15) is 0 Å². The van der Waals surface area contributed by atoms with Crippen LogP contribution in [0.25, 0.3) is 0 Å². The quantitative estimate of drug-likeness (QED) is 0.107. The van der Waals surface area contributed by atoms with E-state index in [2.05, 4.69) is 0 Å². The molecule has 34 heavy (non-hydrogen) atoms. The van der Waals surface area contributed by atoms with E-state index < -0.39 is 67.9 Å². The first-order valence-electron chi connectivity index (χ1n) is 10.1. The van der Waals surface area contributed by atoms with Crippen molar-refractivity contribution in [2.45, 2.75) is 45.0 Å². The molecule has 202 valence electrons. The van der Waals surface area contributed by atoms with Gasteiger partial charge in [-0.3, -0.25) is 29.0 Å². The highest BCUT2D eigenvalue weighted by Crippen LogP contribution is 2.09. The largest absolute Gasteiger partial charge is 0.480 e. The van der Waals surface area contributed by atoms with Crippen LogP contribution in [0.3, 0.4) is 0 Å². The summed E-state index contributed by atoms with van der Waals surface area (Å²) in [4.78, 5) is 44.4. The molecule has 0 saturated heterocycles. The Balaban J connectivity index is -0.000000560. The molecule has 0 aliphatic rings. The molecule has 1 atom stereocenters. The molecular weight excluding hydrogens is 464 g/mol. The number of hydrogen-bond acceptors (Lipinski definition) is 11. The average molecular weight is 503 g/mol. The molecule has 15 heteroatoms. The van der Waals surface area contributed by atoms with Crippen LogP contribution in [0.15, 0.2) is 0 Å². The molecule has 0 heterocycles. The van der Waals surface area contributed by atoms with Crippen molar-refractivity contribution in [1.29, 1.82) is 0 Å². The Kier molecular flexibility index (Phi) is 21.3. The molecule has 0 aromatic heterocycles. The Bertz CT molecular complexity index is 521. The zero-order chi connectivity index (χ0) is 27.5. The predicted octanol–water partition coefficient (Wildman–Crippen LogP) is -3.21. The SMILES string of the molecule is CC(O)CC(C)(C)O.O=C(O)CN(CCN(CC(=O)O)CC(=O)O)CC(=O)O.OCC(O)CO. The molecular formula is C19H38N2O13. The maximum absolute atomic E-state index is 10.6. The topological polar surface area (TPSA) is 257 Å². The van der Waals surface area contributed by atoms with E-state index in [4.69, 9.17) is 46.0 Å². The van der Waals surface area contributed by atoms with Crippen molar-refractivity contribution in [3.63, 3.8) is 0 Å². The molecule has 0 spiro atoms. The summed E-state index contributed by atoms with van der Waals surface area (Å²) in [5, 5.41) is 76.2. The van der Waals surface area contributed by atoms with E-state index in [0.717, 1.165) is 9.80 Å². The zero-order valence-corrected chi connectivity index (χ0v) is 19.6. The first kappa shape index (κ1) is 36.2. The van der Waals surface area contributed by atoms with Gasteiger partial charge in [0.05, 0.1) is 51.1 Å². The third-order valence-electron chi connectivity index (χ3n) is 3.38. The summed E-state index contributed by atoms with van der Waals surface area (Å²) in [6.07, 6.45) is -0.924. The van der Waals surface area contributed by atoms with Crippen molar-refractivity contribution < 1.29 is 65.1 Å². The Labute approximate surface area is 197 Å². The molecule has 0 aliphatic carbocycles. The molecule has 0 bridgehead atoms. The number of carboxylic acid groups (broad SMARTS) is 4. The summed E-state index contributed by atoms with van der Waals surface area (Å²) in [5.41, 5.74) is -0.728. The molecule has 1 unspecified atom stereocenters. The number of aliphatic carboxylic acids is 4. The van der Waals surface area contributed by atoms with Crippen molar-refractivity contribution >= 4 is 23.9 Å². The van der Waals surface area contributed by atoms with Crippen molar-refractivity contribution in [3.8, 4) is 0 Å². The van der Waals surface area contributed by atoms with Gasteiger partial charge in [-0.05, 0) is 20.8 Å². The van der Waals surface area contributed by atoms with Gasteiger partial charge < -0.3 is 46.0 Å². The molecule has 0 radical (unpaired) electrons. The highest BCUT2D eigenvalue weighted by atomic mass is 16.4. The fraction of sp³-hybridized carbons (Fsp3) is 0.789. The molecule has 0 fully saturated rings. The molecule has 0 rings (SSSR count). The fourth-order valence-corrected chi connectivity index (χ4v) is 2.26. The Morgan fingerprint density at radius 1 is 0.706 bits per heavy atom. The van der Waals surface area contributed by atoms with Gasteiger partial charge in [-0.15, -0.1) is 0 Å². The molecule has 9 N–H and O–H groups in total. The van der Waals surface area contributed by atoms with Crippen LogP contribution in [-0.4, -0.2) is 150 Å². The normalized spacial score (nSPS) is 11.9. The standard InChI is InChI=1S/C10H16N2O8.C6H14O2.C3H8O3/c13-7(14)3-11(4-8(15)16)1-2-12(5-9(17)18)6-10(19)20;1-5(7)4-6(2,3)8;4-1-3(6)2-5/h1-6H2,(H,13,14)(H,15,16)(H,17,18)(H,19,20);5,7-8H,4H2,1-3H3;3-6H,1-2H2. The number of rotatable bonds is 15. The first-order valence-corrected chi connectivity index (χ1v) is 10.1. The van der Waals surface area contributed by atoms with E-state index in [0.29, 0.717) is 6.42 Å². The minimum Gasteiger partial charge on any atom is -0.480 e. The maximum Gasteiger partial charge on any atom is 0.317 e. The van der Waals surface area contributed by atoms with Crippen LogP contribution in [0.5, 0.6) is 0 Å². The lowest BCUT2D eigenvalue weighted by Gasteiger charge is -2.23. The zero-order valence-electron chi connectivity index (χ0n) is 19.6. The highest BCUT2D eigenvalue weighted by Gasteiger charge is 2.18. The van der Waals surface area contributed by atoms with Gasteiger partial charge in [0.15, 0.2) is 0 Å². The van der Waals surface area contributed by atoms with Crippen LogP contribution in [0.4, 0.5) is 0 Å². The Morgan fingerprint density at radius 3 is 1.06 bits per heavy atom. The summed E-state index contributed by atoms with van der Waals surface area (Å²) in [7, 11) is 0. The van der Waals surface area contributed by atoms with E-state index in [-0.39, 0.29) is 26.3 Å². The van der Waals surface area contributed by atoms with Gasteiger partial charge in [-0.25, -0.2) is 0 Å². The van der Waals surface area contributed by atoms with Crippen LogP contribution in [0.2, 0.25) is 0 Å². The number of carboxylic acids is 4. The molecule has 0 aromatic rings. The molecule has 0 aromatic carbocycles. The number of carbonyl (C=O) groups is 4. The molecule has 0 aliphatic heterocycles.